The van der Waals surface area contributed by atoms with Crippen LogP contribution in [0.1, 0.15) is 47.2 Å². The molecule has 6 heteroatoms. The minimum atomic E-state index is -1.05. The molecule has 0 fully saturated rings. The Morgan fingerprint density at radius 2 is 2.04 bits per heavy atom. The molecule has 2 aromatic rings. The Kier molecular flexibility index (Phi) is 5.63. The third kappa shape index (κ3) is 4.62. The standard InChI is InChI=1S/C18H21NO5/c1-11(2)13-5-4-6-14(7-13)23-10-17(20)19-9-15-8-16(18(21)22)12(3)24-15/h4-8,11H,9-10H2,1-3H3,(H,19,20)(H,21,22). The quantitative estimate of drug-likeness (QED) is 0.814. The second-order valence-corrected chi connectivity index (χ2v) is 5.78. The van der Waals surface area contributed by atoms with Crippen LogP contribution in [0.15, 0.2) is 34.7 Å². The molecule has 0 aliphatic rings. The van der Waals surface area contributed by atoms with Crippen molar-refractivity contribution >= 4 is 11.9 Å². The van der Waals surface area contributed by atoms with Crippen molar-refractivity contribution in [1.82, 2.24) is 5.32 Å². The first-order chi connectivity index (χ1) is 11.4. The highest BCUT2D eigenvalue weighted by Crippen LogP contribution is 2.20. The number of rotatable bonds is 7. The molecule has 128 valence electrons. The van der Waals surface area contributed by atoms with Gasteiger partial charge in [0.1, 0.15) is 22.8 Å². The van der Waals surface area contributed by atoms with E-state index in [4.69, 9.17) is 14.3 Å². The molecular formula is C18H21NO5. The summed E-state index contributed by atoms with van der Waals surface area (Å²) in [5.41, 5.74) is 1.24. The molecule has 0 aliphatic carbocycles. The third-order valence-electron chi connectivity index (χ3n) is 3.55. The zero-order chi connectivity index (χ0) is 17.7. The average molecular weight is 331 g/mol. The molecule has 0 saturated heterocycles. The number of nitrogens with one attached hydrogen (secondary N) is 1. The topological polar surface area (TPSA) is 88.8 Å². The number of carbonyl (C=O) groups is 2. The molecular weight excluding hydrogens is 310 g/mol. The summed E-state index contributed by atoms with van der Waals surface area (Å²) >= 11 is 0. The number of aryl methyl sites for hydroxylation is 1. The van der Waals surface area contributed by atoms with Crippen molar-refractivity contribution in [1.29, 1.82) is 0 Å². The SMILES string of the molecule is Cc1oc(CNC(=O)COc2cccc(C(C)C)c2)cc1C(=O)O. The van der Waals surface area contributed by atoms with Crippen LogP contribution in [0.4, 0.5) is 0 Å². The van der Waals surface area contributed by atoms with E-state index >= 15 is 0 Å². The van der Waals surface area contributed by atoms with E-state index in [1.165, 1.54) is 6.07 Å². The number of amides is 1. The van der Waals surface area contributed by atoms with E-state index in [0.717, 1.165) is 5.56 Å². The molecule has 24 heavy (non-hydrogen) atoms. The fourth-order valence-electron chi connectivity index (χ4n) is 2.19. The van der Waals surface area contributed by atoms with E-state index in [0.29, 0.717) is 23.2 Å². The highest BCUT2D eigenvalue weighted by Gasteiger charge is 2.14. The predicted octanol–water partition coefficient (Wildman–Crippen LogP) is 3.10. The number of aromatic carboxylic acids is 1. The number of carboxylic acid groups (broad SMARTS) is 1. The van der Waals surface area contributed by atoms with Crippen LogP contribution in [-0.4, -0.2) is 23.6 Å². The van der Waals surface area contributed by atoms with Gasteiger partial charge in [-0.2, -0.15) is 0 Å². The van der Waals surface area contributed by atoms with Gasteiger partial charge in [-0.3, -0.25) is 4.79 Å². The first-order valence-corrected chi connectivity index (χ1v) is 7.69. The number of furan rings is 1. The lowest BCUT2D eigenvalue weighted by Crippen LogP contribution is -2.28. The maximum absolute atomic E-state index is 11.8. The fraction of sp³-hybridized carbons (Fsp3) is 0.333. The Morgan fingerprint density at radius 1 is 1.29 bits per heavy atom. The van der Waals surface area contributed by atoms with Crippen molar-refractivity contribution in [2.24, 2.45) is 0 Å². The minimum Gasteiger partial charge on any atom is -0.484 e. The smallest absolute Gasteiger partial charge is 0.339 e. The molecule has 2 N–H and O–H groups in total. The van der Waals surface area contributed by atoms with Crippen LogP contribution in [0.25, 0.3) is 0 Å². The summed E-state index contributed by atoms with van der Waals surface area (Å²) < 4.78 is 10.8. The van der Waals surface area contributed by atoms with Gasteiger partial charge < -0.3 is 19.6 Å². The first-order valence-electron chi connectivity index (χ1n) is 7.69. The van der Waals surface area contributed by atoms with Crippen LogP contribution >= 0.6 is 0 Å². The molecule has 1 aromatic carbocycles. The molecule has 6 nitrogen and oxygen atoms in total. The van der Waals surface area contributed by atoms with Gasteiger partial charge in [-0.15, -0.1) is 0 Å². The van der Waals surface area contributed by atoms with Gasteiger partial charge in [0.25, 0.3) is 5.91 Å². The summed E-state index contributed by atoms with van der Waals surface area (Å²) in [5, 5.41) is 11.6. The first kappa shape index (κ1) is 17.6. The van der Waals surface area contributed by atoms with Crippen LogP contribution in [0.5, 0.6) is 5.75 Å². The van der Waals surface area contributed by atoms with Crippen molar-refractivity contribution in [2.45, 2.75) is 33.2 Å². The van der Waals surface area contributed by atoms with Gasteiger partial charge in [0.05, 0.1) is 6.54 Å². The normalized spacial score (nSPS) is 10.7. The van der Waals surface area contributed by atoms with E-state index in [1.807, 2.05) is 18.2 Å². The Bertz CT molecular complexity index is 733. The number of ether oxygens (including phenoxy) is 1. The maximum atomic E-state index is 11.8. The van der Waals surface area contributed by atoms with Crippen molar-refractivity contribution in [3.8, 4) is 5.75 Å². The lowest BCUT2D eigenvalue weighted by Gasteiger charge is -2.10. The summed E-state index contributed by atoms with van der Waals surface area (Å²) in [6, 6.07) is 9.02. The number of carbonyl (C=O) groups excluding carboxylic acids is 1. The summed E-state index contributed by atoms with van der Waals surface area (Å²) in [4.78, 5) is 22.8. The van der Waals surface area contributed by atoms with Gasteiger partial charge in [0, 0.05) is 0 Å². The van der Waals surface area contributed by atoms with Gasteiger partial charge in [-0.1, -0.05) is 26.0 Å². The highest BCUT2D eigenvalue weighted by molar-refractivity contribution is 5.88. The van der Waals surface area contributed by atoms with Crippen molar-refractivity contribution in [3.05, 3.63) is 53.0 Å². The van der Waals surface area contributed by atoms with Crippen molar-refractivity contribution < 1.29 is 23.8 Å². The monoisotopic (exact) mass is 331 g/mol. The second kappa shape index (κ2) is 7.68. The molecule has 1 aromatic heterocycles. The molecule has 0 radical (unpaired) electrons. The van der Waals surface area contributed by atoms with Gasteiger partial charge >= 0.3 is 5.97 Å². The van der Waals surface area contributed by atoms with Crippen LogP contribution in [0.2, 0.25) is 0 Å². The summed E-state index contributed by atoms with van der Waals surface area (Å²) in [5.74, 6) is 0.359. The fourth-order valence-corrected chi connectivity index (χ4v) is 2.19. The number of benzene rings is 1. The van der Waals surface area contributed by atoms with Crippen molar-refractivity contribution in [3.63, 3.8) is 0 Å². The van der Waals surface area contributed by atoms with Gasteiger partial charge in [0.2, 0.25) is 0 Å². The summed E-state index contributed by atoms with van der Waals surface area (Å²) in [7, 11) is 0. The summed E-state index contributed by atoms with van der Waals surface area (Å²) in [6.07, 6.45) is 0. The van der Waals surface area contributed by atoms with Crippen molar-refractivity contribution in [2.75, 3.05) is 6.61 Å². The molecule has 0 spiro atoms. The molecule has 0 bridgehead atoms. The van der Waals surface area contributed by atoms with E-state index in [2.05, 4.69) is 19.2 Å². The molecule has 0 atom stereocenters. The van der Waals surface area contributed by atoms with Gasteiger partial charge in [0.15, 0.2) is 6.61 Å². The second-order valence-electron chi connectivity index (χ2n) is 5.78. The Labute approximate surface area is 140 Å². The zero-order valence-electron chi connectivity index (χ0n) is 14.0. The third-order valence-corrected chi connectivity index (χ3v) is 3.55. The number of hydrogen-bond donors (Lipinski definition) is 2. The van der Waals surface area contributed by atoms with E-state index in [1.54, 1.807) is 13.0 Å². The Balaban J connectivity index is 1.84. The van der Waals surface area contributed by atoms with E-state index in [9.17, 15) is 9.59 Å². The Hall–Kier alpha value is -2.76. The van der Waals surface area contributed by atoms with Crippen LogP contribution in [0, 0.1) is 6.92 Å². The largest absolute Gasteiger partial charge is 0.484 e. The van der Waals surface area contributed by atoms with Gasteiger partial charge in [-0.25, -0.2) is 4.79 Å². The van der Waals surface area contributed by atoms with Gasteiger partial charge in [-0.05, 0) is 36.6 Å². The molecule has 1 amide bonds. The molecule has 0 aliphatic heterocycles. The lowest BCUT2D eigenvalue weighted by molar-refractivity contribution is -0.123. The van der Waals surface area contributed by atoms with E-state index < -0.39 is 5.97 Å². The Morgan fingerprint density at radius 3 is 2.67 bits per heavy atom. The molecule has 0 unspecified atom stereocenters. The number of hydrogen-bond acceptors (Lipinski definition) is 4. The zero-order valence-corrected chi connectivity index (χ0v) is 14.0. The number of carboxylic acids is 1. The maximum Gasteiger partial charge on any atom is 0.339 e. The van der Waals surface area contributed by atoms with Crippen LogP contribution in [0.3, 0.4) is 0 Å². The minimum absolute atomic E-state index is 0.0981. The molecule has 0 saturated carbocycles. The predicted molar refractivity (Wildman–Crippen MR) is 88.3 cm³/mol. The lowest BCUT2D eigenvalue weighted by atomic mass is 10.0. The summed E-state index contributed by atoms with van der Waals surface area (Å²) in [6.45, 7) is 5.74. The van der Waals surface area contributed by atoms with E-state index in [-0.39, 0.29) is 24.6 Å². The molecule has 2 rings (SSSR count). The highest BCUT2D eigenvalue weighted by atomic mass is 16.5. The van der Waals surface area contributed by atoms with Crippen LogP contribution in [-0.2, 0) is 11.3 Å². The van der Waals surface area contributed by atoms with Crippen LogP contribution < -0.4 is 10.1 Å². The average Bonchev–Trinajstić information content (AvgIpc) is 2.92. The molecule has 1 heterocycles.